The number of amidine groups is 1. The first-order valence-corrected chi connectivity index (χ1v) is 5.34. The lowest BCUT2D eigenvalue weighted by Crippen LogP contribution is -2.32. The second kappa shape index (κ2) is 4.35. The van der Waals surface area contributed by atoms with Crippen LogP contribution in [0.4, 0.5) is 5.69 Å². The Kier molecular flexibility index (Phi) is 2.90. The molecular weight excluding hydrogens is 202 g/mol. The second-order valence-corrected chi connectivity index (χ2v) is 3.93. The molecule has 0 saturated heterocycles. The number of hydrogen-bond donors (Lipinski definition) is 2. The first-order chi connectivity index (χ1) is 7.66. The molecule has 0 spiro atoms. The molecule has 1 aliphatic rings. The molecule has 16 heavy (non-hydrogen) atoms. The number of carbonyl (C=O) groups excluding carboxylic acids is 1. The summed E-state index contributed by atoms with van der Waals surface area (Å²) in [5.74, 6) is 0.270. The van der Waals surface area contributed by atoms with Gasteiger partial charge in [-0.2, -0.15) is 0 Å². The number of aliphatic imine (C=N–C) groups is 1. The molecule has 0 aliphatic carbocycles. The molecule has 2 N–H and O–H groups in total. The molecule has 0 bridgehead atoms. The summed E-state index contributed by atoms with van der Waals surface area (Å²) in [6, 6.07) is 5.98. The van der Waals surface area contributed by atoms with Crippen LogP contribution in [0.3, 0.4) is 0 Å². The maximum Gasteiger partial charge on any atom is 0.290 e. The molecule has 0 fully saturated rings. The first-order valence-electron chi connectivity index (χ1n) is 5.34. The Bertz CT molecular complexity index is 452. The van der Waals surface area contributed by atoms with E-state index in [1.165, 1.54) is 0 Å². The molecule has 0 unspecified atom stereocenters. The van der Waals surface area contributed by atoms with Gasteiger partial charge in [0, 0.05) is 12.2 Å². The van der Waals surface area contributed by atoms with Gasteiger partial charge in [-0.3, -0.25) is 9.79 Å². The predicted molar refractivity (Wildman–Crippen MR) is 64.9 cm³/mol. The normalized spacial score (nSPS) is 14.2. The molecule has 4 nitrogen and oxygen atoms in total. The Morgan fingerprint density at radius 3 is 2.94 bits per heavy atom. The van der Waals surface area contributed by atoms with Gasteiger partial charge in [-0.1, -0.05) is 12.1 Å². The fourth-order valence-electron chi connectivity index (χ4n) is 1.60. The maximum atomic E-state index is 11.8. The SMILES string of the molecule is Cc1ccc(C)c(NC(=O)C2=NCCN2)c1. The highest BCUT2D eigenvalue weighted by Crippen LogP contribution is 2.16. The summed E-state index contributed by atoms with van der Waals surface area (Å²) >= 11 is 0. The van der Waals surface area contributed by atoms with Crippen LogP contribution in [0.1, 0.15) is 11.1 Å². The average Bonchev–Trinajstić information content (AvgIpc) is 2.76. The van der Waals surface area contributed by atoms with Gasteiger partial charge < -0.3 is 10.6 Å². The van der Waals surface area contributed by atoms with Crippen LogP contribution < -0.4 is 10.6 Å². The van der Waals surface area contributed by atoms with E-state index < -0.39 is 0 Å². The Morgan fingerprint density at radius 1 is 1.44 bits per heavy atom. The molecule has 1 amide bonds. The van der Waals surface area contributed by atoms with E-state index >= 15 is 0 Å². The van der Waals surface area contributed by atoms with E-state index in [-0.39, 0.29) is 5.91 Å². The largest absolute Gasteiger partial charge is 0.364 e. The molecule has 1 aliphatic heterocycles. The quantitative estimate of drug-likeness (QED) is 0.783. The number of benzene rings is 1. The fourth-order valence-corrected chi connectivity index (χ4v) is 1.60. The van der Waals surface area contributed by atoms with E-state index in [1.54, 1.807) is 0 Å². The Balaban J connectivity index is 2.14. The summed E-state index contributed by atoms with van der Waals surface area (Å²) in [5.41, 5.74) is 3.03. The van der Waals surface area contributed by atoms with Crippen molar-refractivity contribution in [2.24, 2.45) is 4.99 Å². The lowest BCUT2D eigenvalue weighted by Gasteiger charge is -2.09. The van der Waals surface area contributed by atoms with E-state index in [9.17, 15) is 4.79 Å². The third-order valence-electron chi connectivity index (χ3n) is 2.53. The number of rotatable bonds is 2. The standard InChI is InChI=1S/C12H15N3O/c1-8-3-4-9(2)10(7-8)15-12(16)11-13-5-6-14-11/h3-4,7H,5-6H2,1-2H3,(H,13,14)(H,15,16). The minimum Gasteiger partial charge on any atom is -0.364 e. The Labute approximate surface area is 94.8 Å². The summed E-state index contributed by atoms with van der Waals surface area (Å²) in [7, 11) is 0. The van der Waals surface area contributed by atoms with Gasteiger partial charge in [0.05, 0.1) is 6.54 Å². The predicted octanol–water partition coefficient (Wildman–Crippen LogP) is 1.24. The smallest absolute Gasteiger partial charge is 0.290 e. The molecule has 84 valence electrons. The minimum absolute atomic E-state index is 0.161. The lowest BCUT2D eigenvalue weighted by molar-refractivity contribution is -0.110. The molecule has 0 aromatic heterocycles. The van der Waals surface area contributed by atoms with Crippen molar-refractivity contribution in [1.82, 2.24) is 5.32 Å². The number of nitrogens with zero attached hydrogens (tertiary/aromatic N) is 1. The number of anilines is 1. The van der Waals surface area contributed by atoms with E-state index in [4.69, 9.17) is 0 Å². The van der Waals surface area contributed by atoms with E-state index in [1.807, 2.05) is 32.0 Å². The summed E-state index contributed by atoms with van der Waals surface area (Å²) in [5, 5.41) is 5.81. The van der Waals surface area contributed by atoms with Crippen molar-refractivity contribution in [3.8, 4) is 0 Å². The van der Waals surface area contributed by atoms with Gasteiger partial charge in [0.25, 0.3) is 5.91 Å². The van der Waals surface area contributed by atoms with Crippen molar-refractivity contribution in [2.75, 3.05) is 18.4 Å². The van der Waals surface area contributed by atoms with Crippen molar-refractivity contribution in [3.05, 3.63) is 29.3 Å². The maximum absolute atomic E-state index is 11.8. The average molecular weight is 217 g/mol. The van der Waals surface area contributed by atoms with Gasteiger partial charge in [-0.25, -0.2) is 0 Å². The molecule has 0 saturated carbocycles. The molecule has 4 heteroatoms. The number of amides is 1. The number of carbonyl (C=O) groups is 1. The topological polar surface area (TPSA) is 53.5 Å². The van der Waals surface area contributed by atoms with Crippen LogP contribution in [0.5, 0.6) is 0 Å². The van der Waals surface area contributed by atoms with Gasteiger partial charge in [0.2, 0.25) is 0 Å². The van der Waals surface area contributed by atoms with E-state index in [2.05, 4.69) is 15.6 Å². The highest BCUT2D eigenvalue weighted by Gasteiger charge is 2.15. The highest BCUT2D eigenvalue weighted by atomic mass is 16.2. The van der Waals surface area contributed by atoms with Crippen LogP contribution in [0.2, 0.25) is 0 Å². The van der Waals surface area contributed by atoms with Crippen LogP contribution in [0.15, 0.2) is 23.2 Å². The summed E-state index contributed by atoms with van der Waals surface area (Å²) in [6.45, 7) is 5.39. The third kappa shape index (κ3) is 2.21. The first kappa shape index (κ1) is 10.7. The fraction of sp³-hybridized carbons (Fsp3) is 0.333. The van der Waals surface area contributed by atoms with E-state index in [0.717, 1.165) is 23.4 Å². The monoisotopic (exact) mass is 217 g/mol. The molecule has 1 aromatic carbocycles. The van der Waals surface area contributed by atoms with Crippen molar-refractivity contribution in [2.45, 2.75) is 13.8 Å². The van der Waals surface area contributed by atoms with Crippen molar-refractivity contribution in [3.63, 3.8) is 0 Å². The molecule has 2 rings (SSSR count). The highest BCUT2D eigenvalue weighted by molar-refractivity contribution is 6.42. The second-order valence-electron chi connectivity index (χ2n) is 3.93. The van der Waals surface area contributed by atoms with Crippen molar-refractivity contribution >= 4 is 17.4 Å². The van der Waals surface area contributed by atoms with Crippen LogP contribution in [0, 0.1) is 13.8 Å². The van der Waals surface area contributed by atoms with Crippen LogP contribution in [-0.2, 0) is 4.79 Å². The van der Waals surface area contributed by atoms with Gasteiger partial charge in [-0.15, -0.1) is 0 Å². The van der Waals surface area contributed by atoms with Crippen LogP contribution >= 0.6 is 0 Å². The van der Waals surface area contributed by atoms with Gasteiger partial charge in [0.15, 0.2) is 5.84 Å². The zero-order valence-electron chi connectivity index (χ0n) is 9.50. The summed E-state index contributed by atoms with van der Waals surface area (Å²) in [6.07, 6.45) is 0. The summed E-state index contributed by atoms with van der Waals surface area (Å²) in [4.78, 5) is 15.9. The zero-order valence-corrected chi connectivity index (χ0v) is 9.50. The number of hydrogen-bond acceptors (Lipinski definition) is 3. The number of aryl methyl sites for hydroxylation is 2. The molecule has 1 heterocycles. The third-order valence-corrected chi connectivity index (χ3v) is 2.53. The molecule has 0 radical (unpaired) electrons. The lowest BCUT2D eigenvalue weighted by atomic mass is 10.1. The molecule has 0 atom stereocenters. The van der Waals surface area contributed by atoms with Gasteiger partial charge in [0.1, 0.15) is 0 Å². The summed E-state index contributed by atoms with van der Waals surface area (Å²) < 4.78 is 0. The Hall–Kier alpha value is -1.84. The minimum atomic E-state index is -0.161. The van der Waals surface area contributed by atoms with Crippen molar-refractivity contribution < 1.29 is 4.79 Å². The molecule has 1 aromatic rings. The van der Waals surface area contributed by atoms with Crippen molar-refractivity contribution in [1.29, 1.82) is 0 Å². The Morgan fingerprint density at radius 2 is 2.25 bits per heavy atom. The molecular formula is C12H15N3O. The number of nitrogens with one attached hydrogen (secondary N) is 2. The van der Waals surface area contributed by atoms with Crippen LogP contribution in [0.25, 0.3) is 0 Å². The van der Waals surface area contributed by atoms with E-state index in [0.29, 0.717) is 12.4 Å². The zero-order chi connectivity index (χ0) is 11.5. The van der Waals surface area contributed by atoms with Gasteiger partial charge in [-0.05, 0) is 31.0 Å². The van der Waals surface area contributed by atoms with Crippen LogP contribution in [-0.4, -0.2) is 24.8 Å². The van der Waals surface area contributed by atoms with Gasteiger partial charge >= 0.3 is 0 Å².